The van der Waals surface area contributed by atoms with Gasteiger partial charge >= 0.3 is 5.97 Å². The van der Waals surface area contributed by atoms with E-state index in [9.17, 15) is 4.79 Å². The quantitative estimate of drug-likeness (QED) is 0.488. The molecule has 2 fully saturated rings. The van der Waals surface area contributed by atoms with Crippen molar-refractivity contribution in [2.45, 2.75) is 50.6 Å². The number of rotatable bonds is 7. The molecule has 3 aromatic rings. The molecule has 2 aromatic heterocycles. The lowest BCUT2D eigenvalue weighted by Gasteiger charge is -2.24. The largest absolute Gasteiger partial charge is 0.493 e. The van der Waals surface area contributed by atoms with Gasteiger partial charge in [-0.2, -0.15) is 0 Å². The first-order chi connectivity index (χ1) is 16.8. The summed E-state index contributed by atoms with van der Waals surface area (Å²) < 4.78 is 36.3. The Morgan fingerprint density at radius 3 is 2.66 bits per heavy atom. The molecule has 12 heteroatoms. The van der Waals surface area contributed by atoms with Crippen molar-refractivity contribution >= 4 is 23.0 Å². The van der Waals surface area contributed by atoms with Gasteiger partial charge in [0.15, 0.2) is 35.0 Å². The van der Waals surface area contributed by atoms with Crippen LogP contribution in [0.15, 0.2) is 30.9 Å². The van der Waals surface area contributed by atoms with E-state index in [-0.39, 0.29) is 18.8 Å². The first kappa shape index (κ1) is 23.3. The number of nitrogens with two attached hydrogens (primary N) is 1. The van der Waals surface area contributed by atoms with Crippen molar-refractivity contribution in [3.8, 4) is 11.5 Å². The summed E-state index contributed by atoms with van der Waals surface area (Å²) in [6.07, 6.45) is 0.931. The van der Waals surface area contributed by atoms with E-state index in [1.54, 1.807) is 43.3 Å². The zero-order chi connectivity index (χ0) is 24.7. The van der Waals surface area contributed by atoms with Gasteiger partial charge in [-0.3, -0.25) is 9.36 Å². The van der Waals surface area contributed by atoms with E-state index in [2.05, 4.69) is 15.0 Å². The van der Waals surface area contributed by atoms with Crippen molar-refractivity contribution < 1.29 is 33.2 Å². The summed E-state index contributed by atoms with van der Waals surface area (Å²) in [6.45, 7) is 3.65. The monoisotopic (exact) mass is 485 g/mol. The number of anilines is 1. The zero-order valence-electron chi connectivity index (χ0n) is 19.8. The molecule has 2 N–H and O–H groups in total. The van der Waals surface area contributed by atoms with E-state index < -0.39 is 36.3 Å². The number of carbonyl (C=O) groups is 1. The van der Waals surface area contributed by atoms with Crippen LogP contribution in [0.25, 0.3) is 11.2 Å². The van der Waals surface area contributed by atoms with E-state index in [1.807, 2.05) is 13.8 Å². The Kier molecular flexibility index (Phi) is 5.95. The van der Waals surface area contributed by atoms with Gasteiger partial charge in [0.2, 0.25) is 0 Å². The molecule has 12 nitrogen and oxygen atoms in total. The molecule has 0 aliphatic carbocycles. The summed E-state index contributed by atoms with van der Waals surface area (Å²) in [4.78, 5) is 25.2. The van der Waals surface area contributed by atoms with E-state index >= 15 is 0 Å². The van der Waals surface area contributed by atoms with Crippen LogP contribution in [0.4, 0.5) is 5.82 Å². The predicted molar refractivity (Wildman–Crippen MR) is 122 cm³/mol. The van der Waals surface area contributed by atoms with Crippen LogP contribution < -0.4 is 15.2 Å². The molecule has 186 valence electrons. The third kappa shape index (κ3) is 4.35. The van der Waals surface area contributed by atoms with Gasteiger partial charge in [0, 0.05) is 0 Å². The number of carbonyl (C=O) groups excluding carboxylic acids is 1. The highest BCUT2D eigenvalue weighted by molar-refractivity contribution is 5.81. The Bertz CT molecular complexity index is 1250. The topological polar surface area (TPSA) is 142 Å². The van der Waals surface area contributed by atoms with Gasteiger partial charge in [-0.1, -0.05) is 6.07 Å². The number of imidazole rings is 1. The maximum Gasteiger partial charge on any atom is 0.310 e. The molecule has 5 rings (SSSR count). The van der Waals surface area contributed by atoms with Crippen LogP contribution in [0.2, 0.25) is 0 Å². The number of nitrogen functional groups attached to an aromatic ring is 1. The number of esters is 1. The SMILES string of the molecule is COc1ccc(CC(=O)OC[C@H]2O[C@@H](n3cnc4c(N)ncnc43)[C@@H]3OC(C)(C)O[C@@H]32)cc1OC. The van der Waals surface area contributed by atoms with Crippen LogP contribution in [0.5, 0.6) is 11.5 Å². The highest BCUT2D eigenvalue weighted by atomic mass is 16.8. The number of aromatic nitrogens is 4. The molecule has 2 aliphatic rings. The number of hydrogen-bond donors (Lipinski definition) is 1. The van der Waals surface area contributed by atoms with Gasteiger partial charge in [-0.15, -0.1) is 0 Å². The van der Waals surface area contributed by atoms with Crippen molar-refractivity contribution in [3.63, 3.8) is 0 Å². The Hall–Kier alpha value is -3.48. The van der Waals surface area contributed by atoms with Crippen LogP contribution in [0, 0.1) is 0 Å². The average Bonchev–Trinajstić information content (AvgIpc) is 3.49. The third-order valence-electron chi connectivity index (χ3n) is 5.99. The first-order valence-corrected chi connectivity index (χ1v) is 11.1. The first-order valence-electron chi connectivity index (χ1n) is 11.1. The van der Waals surface area contributed by atoms with Crippen molar-refractivity contribution in [1.29, 1.82) is 0 Å². The molecule has 0 saturated carbocycles. The molecule has 1 aromatic carbocycles. The number of fused-ring (bicyclic) bond motifs is 2. The van der Waals surface area contributed by atoms with Crippen LogP contribution >= 0.6 is 0 Å². The summed E-state index contributed by atoms with van der Waals surface area (Å²) in [7, 11) is 3.09. The fraction of sp³-hybridized carbons (Fsp3) is 0.478. The Morgan fingerprint density at radius 1 is 1.11 bits per heavy atom. The van der Waals surface area contributed by atoms with E-state index in [0.717, 1.165) is 5.56 Å². The van der Waals surface area contributed by atoms with Crippen molar-refractivity contribution in [2.75, 3.05) is 26.6 Å². The molecular formula is C23H27N5O7. The summed E-state index contributed by atoms with van der Waals surface area (Å²) in [6, 6.07) is 5.27. The van der Waals surface area contributed by atoms with Gasteiger partial charge in [0.25, 0.3) is 0 Å². The van der Waals surface area contributed by atoms with Crippen molar-refractivity contribution in [2.24, 2.45) is 0 Å². The second-order valence-corrected chi connectivity index (χ2v) is 8.76. The summed E-state index contributed by atoms with van der Waals surface area (Å²) >= 11 is 0. The minimum absolute atomic E-state index is 0.00696. The molecule has 2 aliphatic heterocycles. The summed E-state index contributed by atoms with van der Waals surface area (Å²) in [5.41, 5.74) is 7.65. The average molecular weight is 485 g/mol. The zero-order valence-corrected chi connectivity index (χ0v) is 19.8. The minimum atomic E-state index is -0.830. The van der Waals surface area contributed by atoms with Crippen molar-refractivity contribution in [3.05, 3.63) is 36.4 Å². The van der Waals surface area contributed by atoms with Crippen LogP contribution in [0.1, 0.15) is 25.6 Å². The molecule has 35 heavy (non-hydrogen) atoms. The highest BCUT2D eigenvalue weighted by Crippen LogP contribution is 2.44. The molecule has 0 bridgehead atoms. The lowest BCUT2D eigenvalue weighted by Crippen LogP contribution is -2.33. The fourth-order valence-electron chi connectivity index (χ4n) is 4.46. The molecule has 4 atom stereocenters. The molecule has 0 unspecified atom stereocenters. The molecule has 0 amide bonds. The molecule has 2 saturated heterocycles. The maximum atomic E-state index is 12.6. The van der Waals surface area contributed by atoms with E-state index in [0.29, 0.717) is 22.7 Å². The Morgan fingerprint density at radius 2 is 1.89 bits per heavy atom. The molecular weight excluding hydrogens is 458 g/mol. The van der Waals surface area contributed by atoms with Crippen LogP contribution in [0.3, 0.4) is 0 Å². The third-order valence-corrected chi connectivity index (χ3v) is 5.99. The second-order valence-electron chi connectivity index (χ2n) is 8.76. The maximum absolute atomic E-state index is 12.6. The van der Waals surface area contributed by atoms with Crippen molar-refractivity contribution in [1.82, 2.24) is 19.5 Å². The smallest absolute Gasteiger partial charge is 0.310 e. The number of hydrogen-bond acceptors (Lipinski definition) is 11. The molecule has 0 spiro atoms. The lowest BCUT2D eigenvalue weighted by molar-refractivity contribution is -0.202. The molecule has 0 radical (unpaired) electrons. The Balaban J connectivity index is 1.30. The summed E-state index contributed by atoms with van der Waals surface area (Å²) in [5.74, 6) is 0.156. The fourth-order valence-corrected chi connectivity index (χ4v) is 4.46. The number of methoxy groups -OCH3 is 2. The number of nitrogens with zero attached hydrogens (tertiary/aromatic N) is 4. The predicted octanol–water partition coefficient (Wildman–Crippen LogP) is 1.63. The number of benzene rings is 1. The van der Waals surface area contributed by atoms with Gasteiger partial charge in [0.1, 0.15) is 36.8 Å². The second kappa shape index (κ2) is 8.95. The summed E-state index contributed by atoms with van der Waals surface area (Å²) in [5, 5.41) is 0. The minimum Gasteiger partial charge on any atom is -0.493 e. The van der Waals surface area contributed by atoms with Crippen LogP contribution in [-0.2, 0) is 30.2 Å². The van der Waals surface area contributed by atoms with E-state index in [4.69, 9.17) is 34.2 Å². The molecule has 4 heterocycles. The van der Waals surface area contributed by atoms with Gasteiger partial charge in [-0.05, 0) is 31.5 Å². The van der Waals surface area contributed by atoms with E-state index in [1.165, 1.54) is 6.33 Å². The van der Waals surface area contributed by atoms with Crippen LogP contribution in [-0.4, -0.2) is 70.4 Å². The van der Waals surface area contributed by atoms with Gasteiger partial charge in [-0.25, -0.2) is 15.0 Å². The van der Waals surface area contributed by atoms with Gasteiger partial charge in [0.05, 0.1) is 27.0 Å². The van der Waals surface area contributed by atoms with Gasteiger partial charge < -0.3 is 34.2 Å². The lowest BCUT2D eigenvalue weighted by atomic mass is 10.1. The highest BCUT2D eigenvalue weighted by Gasteiger charge is 2.56. The normalized spacial score (nSPS) is 24.9. The number of ether oxygens (including phenoxy) is 6. The standard InChI is InChI=1S/C23H27N5O7/c1-23(2)34-18-15(9-32-16(29)8-12-5-6-13(30-3)14(7-12)31-4)33-22(19(18)35-23)28-11-27-17-20(24)25-10-26-21(17)28/h5-7,10-11,15,18-19,22H,8-9H2,1-4H3,(H2,24,25,26)/t15-,18-,19-,22-/m1/s1. The Labute approximate surface area is 201 Å².